The summed E-state index contributed by atoms with van der Waals surface area (Å²) in [6, 6.07) is 16.1. The van der Waals surface area contributed by atoms with Crippen molar-refractivity contribution in [2.24, 2.45) is 0 Å². The highest BCUT2D eigenvalue weighted by atomic mass is 16.5. The van der Waals surface area contributed by atoms with Crippen molar-refractivity contribution in [1.29, 1.82) is 5.26 Å². The van der Waals surface area contributed by atoms with Crippen molar-refractivity contribution in [1.82, 2.24) is 9.97 Å². The lowest BCUT2D eigenvalue weighted by Gasteiger charge is -2.38. The number of fused-ring (bicyclic) bond motifs is 1. The van der Waals surface area contributed by atoms with Crippen molar-refractivity contribution in [3.8, 4) is 6.07 Å². The van der Waals surface area contributed by atoms with Gasteiger partial charge in [0.05, 0.1) is 23.7 Å². The first-order valence-corrected chi connectivity index (χ1v) is 12.9. The van der Waals surface area contributed by atoms with Crippen LogP contribution in [0.15, 0.2) is 42.5 Å². The molecule has 1 aliphatic rings. The number of rotatable bonds is 9. The molecule has 0 saturated carbocycles. The Labute approximate surface area is 213 Å². The fourth-order valence-corrected chi connectivity index (χ4v) is 4.68. The zero-order chi connectivity index (χ0) is 25.5. The highest BCUT2D eigenvalue weighted by Gasteiger charge is 2.31. The van der Waals surface area contributed by atoms with Crippen LogP contribution in [0.1, 0.15) is 55.3 Å². The molecule has 0 N–H and O–H groups in total. The highest BCUT2D eigenvalue weighted by molar-refractivity contribution is 5.85. The summed E-state index contributed by atoms with van der Waals surface area (Å²) in [7, 11) is 0. The molecule has 0 unspecified atom stereocenters. The average molecular weight is 486 g/mol. The third-order valence-corrected chi connectivity index (χ3v) is 6.95. The number of nitrogens with zero attached hydrogens (tertiary/aromatic N) is 5. The Bertz CT molecular complexity index is 1240. The second-order valence-corrected chi connectivity index (χ2v) is 9.40. The van der Waals surface area contributed by atoms with Crippen LogP contribution in [-0.2, 0) is 9.53 Å². The number of esters is 1. The van der Waals surface area contributed by atoms with Gasteiger partial charge in [0.1, 0.15) is 5.69 Å². The minimum atomic E-state index is -1.11. The number of aryl methyl sites for hydroxylation is 1. The van der Waals surface area contributed by atoms with E-state index in [0.29, 0.717) is 23.6 Å². The molecular weight excluding hydrogens is 450 g/mol. The van der Waals surface area contributed by atoms with Gasteiger partial charge in [0.2, 0.25) is 0 Å². The maximum atomic E-state index is 12.9. The molecule has 1 aliphatic heterocycles. The summed E-state index contributed by atoms with van der Waals surface area (Å²) >= 11 is 0. The van der Waals surface area contributed by atoms with Crippen LogP contribution in [0.4, 0.5) is 11.5 Å². The van der Waals surface area contributed by atoms with Crippen molar-refractivity contribution in [2.45, 2.75) is 52.4 Å². The molecule has 0 amide bonds. The summed E-state index contributed by atoms with van der Waals surface area (Å²) < 4.78 is 5.49. The number of nitriles is 1. The summed E-state index contributed by atoms with van der Waals surface area (Å²) in [5.41, 5.74) is 5.63. The van der Waals surface area contributed by atoms with E-state index in [0.717, 1.165) is 57.4 Å². The SMILES string of the molecule is CCCCCCOC(=O)[C@H](C#N)c1nc2ccccc2nc1N1CCN(c2cccc(C)c2C)CC1. The number of carbonyl (C=O) groups excluding carboxylic acids is 1. The Morgan fingerprint density at radius 1 is 0.972 bits per heavy atom. The van der Waals surface area contributed by atoms with Crippen LogP contribution in [-0.4, -0.2) is 48.7 Å². The van der Waals surface area contributed by atoms with Crippen LogP contribution in [0.2, 0.25) is 0 Å². The summed E-state index contributed by atoms with van der Waals surface area (Å²) in [6.07, 6.45) is 4.02. The Balaban J connectivity index is 1.57. The molecule has 7 heteroatoms. The Morgan fingerprint density at radius 3 is 2.36 bits per heavy atom. The highest BCUT2D eigenvalue weighted by Crippen LogP contribution is 2.30. The number of carbonyl (C=O) groups is 1. The maximum Gasteiger partial charge on any atom is 0.329 e. The van der Waals surface area contributed by atoms with Crippen LogP contribution in [0.3, 0.4) is 0 Å². The Kier molecular flexibility index (Phi) is 8.37. The number of hydrogen-bond donors (Lipinski definition) is 0. The van der Waals surface area contributed by atoms with E-state index < -0.39 is 11.9 Å². The lowest BCUT2D eigenvalue weighted by atomic mass is 10.0. The number of anilines is 2. The van der Waals surface area contributed by atoms with Gasteiger partial charge in [0.25, 0.3) is 0 Å². The number of piperazine rings is 1. The third kappa shape index (κ3) is 5.59. The van der Waals surface area contributed by atoms with E-state index in [-0.39, 0.29) is 0 Å². The van der Waals surface area contributed by atoms with Gasteiger partial charge < -0.3 is 14.5 Å². The van der Waals surface area contributed by atoms with Crippen LogP contribution >= 0.6 is 0 Å². The minimum Gasteiger partial charge on any atom is -0.464 e. The lowest BCUT2D eigenvalue weighted by Crippen LogP contribution is -2.47. The number of benzene rings is 2. The molecule has 0 radical (unpaired) electrons. The Morgan fingerprint density at radius 2 is 1.67 bits per heavy atom. The van der Waals surface area contributed by atoms with Crippen molar-refractivity contribution in [2.75, 3.05) is 42.6 Å². The number of para-hydroxylation sites is 2. The van der Waals surface area contributed by atoms with Crippen LogP contribution < -0.4 is 9.80 Å². The van der Waals surface area contributed by atoms with E-state index >= 15 is 0 Å². The summed E-state index contributed by atoms with van der Waals surface area (Å²) in [4.78, 5) is 27.1. The van der Waals surface area contributed by atoms with Gasteiger partial charge in [0.15, 0.2) is 11.7 Å². The van der Waals surface area contributed by atoms with Gasteiger partial charge in [-0.25, -0.2) is 9.97 Å². The molecule has 1 atom stereocenters. The lowest BCUT2D eigenvalue weighted by molar-refractivity contribution is -0.144. The Hall–Kier alpha value is -3.66. The fraction of sp³-hybridized carbons (Fsp3) is 0.448. The second kappa shape index (κ2) is 11.9. The molecule has 0 spiro atoms. The van der Waals surface area contributed by atoms with Gasteiger partial charge >= 0.3 is 5.97 Å². The van der Waals surface area contributed by atoms with Crippen LogP contribution in [0.25, 0.3) is 11.0 Å². The molecule has 2 aromatic carbocycles. The van der Waals surface area contributed by atoms with E-state index in [1.54, 1.807) is 0 Å². The molecule has 4 rings (SSSR count). The summed E-state index contributed by atoms with van der Waals surface area (Å²) in [5, 5.41) is 9.99. The number of aromatic nitrogens is 2. The molecule has 0 aliphatic carbocycles. The summed E-state index contributed by atoms with van der Waals surface area (Å²) in [5.74, 6) is -1.06. The molecule has 7 nitrogen and oxygen atoms in total. The number of hydrogen-bond acceptors (Lipinski definition) is 7. The number of unbranched alkanes of at least 4 members (excludes halogenated alkanes) is 3. The van der Waals surface area contributed by atoms with Crippen LogP contribution in [0, 0.1) is 25.2 Å². The second-order valence-electron chi connectivity index (χ2n) is 9.40. The van der Waals surface area contributed by atoms with E-state index in [1.165, 1.54) is 16.8 Å². The van der Waals surface area contributed by atoms with E-state index in [4.69, 9.17) is 14.7 Å². The van der Waals surface area contributed by atoms with Gasteiger partial charge in [-0.3, -0.25) is 4.79 Å². The zero-order valence-electron chi connectivity index (χ0n) is 21.5. The average Bonchev–Trinajstić information content (AvgIpc) is 2.90. The monoisotopic (exact) mass is 485 g/mol. The quantitative estimate of drug-likeness (QED) is 0.300. The van der Waals surface area contributed by atoms with Crippen molar-refractivity contribution >= 4 is 28.5 Å². The molecule has 188 valence electrons. The molecule has 0 bridgehead atoms. The minimum absolute atomic E-state index is 0.321. The van der Waals surface area contributed by atoms with Crippen LogP contribution in [0.5, 0.6) is 0 Å². The predicted molar refractivity (Wildman–Crippen MR) is 143 cm³/mol. The molecule has 2 heterocycles. The fourth-order valence-electron chi connectivity index (χ4n) is 4.68. The zero-order valence-corrected chi connectivity index (χ0v) is 21.5. The first-order valence-electron chi connectivity index (χ1n) is 12.9. The molecule has 36 heavy (non-hydrogen) atoms. The largest absolute Gasteiger partial charge is 0.464 e. The third-order valence-electron chi connectivity index (χ3n) is 6.95. The smallest absolute Gasteiger partial charge is 0.329 e. The molecule has 1 aromatic heterocycles. The molecule has 3 aromatic rings. The molecular formula is C29H35N5O2. The van der Waals surface area contributed by atoms with Gasteiger partial charge in [0, 0.05) is 31.9 Å². The van der Waals surface area contributed by atoms with E-state index in [2.05, 4.69) is 54.8 Å². The van der Waals surface area contributed by atoms with E-state index in [9.17, 15) is 10.1 Å². The topological polar surface area (TPSA) is 82.3 Å². The van der Waals surface area contributed by atoms with Crippen molar-refractivity contribution < 1.29 is 9.53 Å². The van der Waals surface area contributed by atoms with Crippen molar-refractivity contribution in [3.63, 3.8) is 0 Å². The first kappa shape index (κ1) is 25.4. The molecule has 1 saturated heterocycles. The standard InChI is InChI=1S/C29H35N5O2/c1-4-5-6-9-19-36-29(35)23(20-30)27-28(32-25-13-8-7-12-24(25)31-27)34-17-15-33(16-18-34)26-14-10-11-21(2)22(26)3/h7-8,10-14,23H,4-6,9,15-19H2,1-3H3/t23-/m1/s1. The van der Waals surface area contributed by atoms with E-state index in [1.807, 2.05) is 24.3 Å². The van der Waals surface area contributed by atoms with Gasteiger partial charge in [-0.2, -0.15) is 5.26 Å². The summed E-state index contributed by atoms with van der Waals surface area (Å²) in [6.45, 7) is 9.83. The van der Waals surface area contributed by atoms with Gasteiger partial charge in [-0.1, -0.05) is 50.5 Å². The predicted octanol–water partition coefficient (Wildman–Crippen LogP) is 5.30. The molecule has 1 fully saturated rings. The van der Waals surface area contributed by atoms with Gasteiger partial charge in [-0.05, 0) is 49.6 Å². The van der Waals surface area contributed by atoms with Crippen molar-refractivity contribution in [3.05, 3.63) is 59.3 Å². The normalized spacial score (nSPS) is 14.5. The first-order chi connectivity index (χ1) is 17.5. The maximum absolute atomic E-state index is 12.9. The van der Waals surface area contributed by atoms with Gasteiger partial charge in [-0.15, -0.1) is 0 Å². The number of ether oxygens (including phenoxy) is 1.